The predicted molar refractivity (Wildman–Crippen MR) is 40.1 cm³/mol. The zero-order valence-electron chi connectivity index (χ0n) is 6.95. The fourth-order valence-corrected chi connectivity index (χ4v) is 1.24. The van der Waals surface area contributed by atoms with E-state index in [2.05, 4.69) is 5.32 Å². The Hall–Kier alpha value is -0.780. The van der Waals surface area contributed by atoms with Crippen molar-refractivity contribution in [3.8, 4) is 0 Å². The van der Waals surface area contributed by atoms with Crippen LogP contribution >= 0.6 is 0 Å². The van der Waals surface area contributed by atoms with Crippen LogP contribution in [0.3, 0.4) is 0 Å². The maximum absolute atomic E-state index is 11.8. The van der Waals surface area contributed by atoms with Gasteiger partial charge in [0.1, 0.15) is 0 Å². The first-order valence-electron chi connectivity index (χ1n) is 4.08. The van der Waals surface area contributed by atoms with Gasteiger partial charge in [0.25, 0.3) is 0 Å². The van der Waals surface area contributed by atoms with E-state index >= 15 is 0 Å². The zero-order chi connectivity index (χ0) is 9.90. The van der Waals surface area contributed by atoms with E-state index in [9.17, 15) is 18.0 Å². The Morgan fingerprint density at radius 1 is 1.46 bits per heavy atom. The minimum atomic E-state index is -4.77. The van der Waals surface area contributed by atoms with Crippen LogP contribution < -0.4 is 10.6 Å². The van der Waals surface area contributed by atoms with Crippen LogP contribution in [0.25, 0.3) is 0 Å². The lowest BCUT2D eigenvalue weighted by Gasteiger charge is -2.24. The second-order valence-corrected chi connectivity index (χ2v) is 3.01. The van der Waals surface area contributed by atoms with Gasteiger partial charge in [0.2, 0.25) is 0 Å². The molecule has 13 heavy (non-hydrogen) atoms. The molecule has 1 heterocycles. The maximum atomic E-state index is 11.8. The lowest BCUT2D eigenvalue weighted by Crippen LogP contribution is -2.49. The zero-order valence-corrected chi connectivity index (χ0v) is 6.95. The monoisotopic (exact) mass is 196 g/mol. The number of rotatable bonds is 1. The van der Waals surface area contributed by atoms with Crippen LogP contribution in [0.2, 0.25) is 0 Å². The van der Waals surface area contributed by atoms with E-state index in [1.54, 1.807) is 0 Å². The molecule has 3 nitrogen and oxygen atoms in total. The molecule has 1 aliphatic rings. The summed E-state index contributed by atoms with van der Waals surface area (Å²) in [4.78, 5) is 10.5. The summed E-state index contributed by atoms with van der Waals surface area (Å²) in [5.41, 5.74) is 0. The Bertz CT molecular complexity index is 187. The quantitative estimate of drug-likeness (QED) is 0.638. The first-order chi connectivity index (χ1) is 6.00. The Labute approximate surface area is 73.7 Å². The van der Waals surface area contributed by atoms with Gasteiger partial charge in [0.05, 0.1) is 0 Å². The molecule has 0 aromatic rings. The largest absolute Gasteiger partial charge is 0.471 e. The van der Waals surface area contributed by atoms with E-state index in [1.165, 1.54) is 0 Å². The number of nitrogens with one attached hydrogen (secondary N) is 2. The summed E-state index contributed by atoms with van der Waals surface area (Å²) >= 11 is 0. The molecule has 1 atom stereocenters. The van der Waals surface area contributed by atoms with Gasteiger partial charge in [-0.2, -0.15) is 13.2 Å². The number of hydrogen-bond acceptors (Lipinski definition) is 2. The molecule has 0 bridgehead atoms. The van der Waals surface area contributed by atoms with Crippen molar-refractivity contribution in [2.24, 2.45) is 0 Å². The van der Waals surface area contributed by atoms with Crippen molar-refractivity contribution in [2.75, 3.05) is 13.1 Å². The summed E-state index contributed by atoms with van der Waals surface area (Å²) in [6.45, 7) is 1.22. The molecule has 76 valence electrons. The first-order valence-corrected chi connectivity index (χ1v) is 4.08. The van der Waals surface area contributed by atoms with Crippen molar-refractivity contribution >= 4 is 5.91 Å². The van der Waals surface area contributed by atoms with Crippen LogP contribution in [-0.2, 0) is 4.79 Å². The molecule has 1 rings (SSSR count). The Kier molecular flexibility index (Phi) is 3.13. The van der Waals surface area contributed by atoms with Gasteiger partial charge in [-0.3, -0.25) is 4.79 Å². The molecule has 0 saturated carbocycles. The molecule has 2 N–H and O–H groups in total. The van der Waals surface area contributed by atoms with Gasteiger partial charge in [-0.1, -0.05) is 0 Å². The molecular formula is C7H11F3N2O. The molecule has 1 fully saturated rings. The van der Waals surface area contributed by atoms with Gasteiger partial charge in [0, 0.05) is 12.6 Å². The van der Waals surface area contributed by atoms with Crippen LogP contribution in [0.4, 0.5) is 13.2 Å². The number of piperidine rings is 1. The van der Waals surface area contributed by atoms with Crippen LogP contribution in [0.15, 0.2) is 0 Å². The predicted octanol–water partition coefficient (Wildman–Crippen LogP) is 0.417. The fourth-order valence-electron chi connectivity index (χ4n) is 1.24. The van der Waals surface area contributed by atoms with Crippen LogP contribution in [-0.4, -0.2) is 31.2 Å². The topological polar surface area (TPSA) is 41.1 Å². The summed E-state index contributed by atoms with van der Waals surface area (Å²) in [7, 11) is 0. The minimum absolute atomic E-state index is 0.386. The summed E-state index contributed by atoms with van der Waals surface area (Å²) in [6.07, 6.45) is -3.37. The van der Waals surface area contributed by atoms with Gasteiger partial charge >= 0.3 is 12.1 Å². The number of amides is 1. The summed E-state index contributed by atoms with van der Waals surface area (Å²) in [5, 5.41) is 4.84. The summed E-state index contributed by atoms with van der Waals surface area (Å²) < 4.78 is 35.3. The van der Waals surface area contributed by atoms with Crippen LogP contribution in [0.1, 0.15) is 12.8 Å². The van der Waals surface area contributed by atoms with Crippen molar-refractivity contribution in [3.63, 3.8) is 0 Å². The SMILES string of the molecule is O=C(N[C@@H]1CCCNC1)C(F)(F)F. The van der Waals surface area contributed by atoms with E-state index < -0.39 is 12.1 Å². The fraction of sp³-hybridized carbons (Fsp3) is 0.857. The average Bonchev–Trinajstić information content (AvgIpc) is 2.04. The first kappa shape index (κ1) is 10.3. The van der Waals surface area contributed by atoms with Crippen molar-refractivity contribution in [1.82, 2.24) is 10.6 Å². The number of halogens is 3. The highest BCUT2D eigenvalue weighted by Crippen LogP contribution is 2.15. The smallest absolute Gasteiger partial charge is 0.344 e. The summed E-state index contributed by atoms with van der Waals surface area (Å²) in [5.74, 6) is -1.85. The molecule has 6 heteroatoms. The van der Waals surface area contributed by atoms with Crippen molar-refractivity contribution in [2.45, 2.75) is 25.1 Å². The molecule has 0 unspecified atom stereocenters. The van der Waals surface area contributed by atoms with Gasteiger partial charge in [-0.25, -0.2) is 0 Å². The van der Waals surface area contributed by atoms with Gasteiger partial charge in [-0.15, -0.1) is 0 Å². The van der Waals surface area contributed by atoms with Crippen molar-refractivity contribution < 1.29 is 18.0 Å². The van der Waals surface area contributed by atoms with Crippen LogP contribution in [0.5, 0.6) is 0 Å². The van der Waals surface area contributed by atoms with Gasteiger partial charge in [0.15, 0.2) is 0 Å². The second-order valence-electron chi connectivity index (χ2n) is 3.01. The lowest BCUT2D eigenvalue weighted by molar-refractivity contribution is -0.174. The highest BCUT2D eigenvalue weighted by atomic mass is 19.4. The van der Waals surface area contributed by atoms with E-state index in [0.717, 1.165) is 13.0 Å². The Morgan fingerprint density at radius 2 is 2.15 bits per heavy atom. The van der Waals surface area contributed by atoms with Crippen LogP contribution in [0, 0.1) is 0 Å². The molecule has 1 aliphatic heterocycles. The molecule has 0 aromatic carbocycles. The second kappa shape index (κ2) is 3.95. The normalized spacial score (nSPS) is 24.1. The van der Waals surface area contributed by atoms with Crippen molar-refractivity contribution in [1.29, 1.82) is 0 Å². The number of carbonyl (C=O) groups excluding carboxylic acids is 1. The maximum Gasteiger partial charge on any atom is 0.471 e. The molecular weight excluding hydrogens is 185 g/mol. The Morgan fingerprint density at radius 3 is 2.62 bits per heavy atom. The molecule has 1 saturated heterocycles. The Balaban J connectivity index is 2.35. The van der Waals surface area contributed by atoms with E-state index in [4.69, 9.17) is 0 Å². The molecule has 1 amide bonds. The summed E-state index contributed by atoms with van der Waals surface area (Å²) in [6, 6.07) is -0.386. The molecule has 0 spiro atoms. The van der Waals surface area contributed by atoms with Crippen molar-refractivity contribution in [3.05, 3.63) is 0 Å². The van der Waals surface area contributed by atoms with Gasteiger partial charge < -0.3 is 10.6 Å². The standard InChI is InChI=1S/C7H11F3N2O/c8-7(9,10)6(13)12-5-2-1-3-11-4-5/h5,11H,1-4H2,(H,12,13)/t5-/m1/s1. The highest BCUT2D eigenvalue weighted by Gasteiger charge is 2.39. The third kappa shape index (κ3) is 3.22. The van der Waals surface area contributed by atoms with E-state index in [-0.39, 0.29) is 6.04 Å². The third-order valence-electron chi connectivity index (χ3n) is 1.89. The molecule has 0 radical (unpaired) electrons. The molecule has 0 aliphatic carbocycles. The average molecular weight is 196 g/mol. The minimum Gasteiger partial charge on any atom is -0.344 e. The van der Waals surface area contributed by atoms with Gasteiger partial charge in [-0.05, 0) is 19.4 Å². The highest BCUT2D eigenvalue weighted by molar-refractivity contribution is 5.81. The number of alkyl halides is 3. The van der Waals surface area contributed by atoms with E-state index in [0.29, 0.717) is 13.0 Å². The van der Waals surface area contributed by atoms with E-state index in [1.807, 2.05) is 5.32 Å². The molecule has 0 aromatic heterocycles. The third-order valence-corrected chi connectivity index (χ3v) is 1.89. The lowest BCUT2D eigenvalue weighted by atomic mass is 10.1. The number of hydrogen-bond donors (Lipinski definition) is 2. The number of carbonyl (C=O) groups is 1.